The van der Waals surface area contributed by atoms with Crippen molar-refractivity contribution in [3.8, 4) is 11.3 Å². The summed E-state index contributed by atoms with van der Waals surface area (Å²) in [5.74, 6) is 0.796. The van der Waals surface area contributed by atoms with Gasteiger partial charge in [-0.2, -0.15) is 5.10 Å². The predicted molar refractivity (Wildman–Crippen MR) is 142 cm³/mol. The van der Waals surface area contributed by atoms with Gasteiger partial charge in [-0.1, -0.05) is 36.4 Å². The summed E-state index contributed by atoms with van der Waals surface area (Å²) in [6, 6.07) is 12.4. The lowest BCUT2D eigenvalue weighted by Crippen LogP contribution is -2.19. The number of aromatic amines is 1. The molecule has 1 aliphatic heterocycles. The van der Waals surface area contributed by atoms with Crippen LogP contribution in [-0.2, 0) is 6.54 Å². The quantitative estimate of drug-likeness (QED) is 0.324. The SMILES string of the molecule is C=C(C)/C=C\C=C(/N)c1[nH]c(CNc2ccccc2N2CCCC2)nc1-c1ccc2ncnn2c1. The highest BCUT2D eigenvalue weighted by Gasteiger charge is 2.17. The zero-order valence-corrected chi connectivity index (χ0v) is 19.9. The highest BCUT2D eigenvalue weighted by atomic mass is 15.3. The number of hydrogen-bond acceptors (Lipinski definition) is 6. The molecule has 3 aromatic heterocycles. The lowest BCUT2D eigenvalue weighted by molar-refractivity contribution is 0.949. The minimum absolute atomic E-state index is 0.540. The van der Waals surface area contributed by atoms with E-state index in [0.29, 0.717) is 12.2 Å². The minimum atomic E-state index is 0.540. The second kappa shape index (κ2) is 9.89. The van der Waals surface area contributed by atoms with Crippen molar-refractivity contribution in [2.45, 2.75) is 26.3 Å². The van der Waals surface area contributed by atoms with Crippen molar-refractivity contribution >= 4 is 22.7 Å². The molecule has 4 heterocycles. The summed E-state index contributed by atoms with van der Waals surface area (Å²) in [5.41, 5.74) is 13.6. The Morgan fingerprint density at radius 3 is 2.86 bits per heavy atom. The number of benzene rings is 1. The highest BCUT2D eigenvalue weighted by Crippen LogP contribution is 2.30. The standard InChI is InChI=1S/C27H30N8/c1-19(2)8-7-9-21(28)27-26(20-12-13-25-30-18-31-35(25)17-20)32-24(33-27)16-29-22-10-3-4-11-23(22)34-14-5-6-15-34/h3-4,7-13,17-18,29H,1,5-6,14-16,28H2,2H3,(H,32,33)/b8-7-,21-9-. The summed E-state index contributed by atoms with van der Waals surface area (Å²) < 4.78 is 1.74. The molecule has 0 amide bonds. The molecule has 1 fully saturated rings. The third kappa shape index (κ3) is 4.96. The Kier molecular flexibility index (Phi) is 6.34. The molecule has 0 aliphatic carbocycles. The first-order valence-corrected chi connectivity index (χ1v) is 11.8. The lowest BCUT2D eigenvalue weighted by Gasteiger charge is -2.21. The van der Waals surface area contributed by atoms with Crippen molar-refractivity contribution in [3.63, 3.8) is 0 Å². The third-order valence-corrected chi connectivity index (χ3v) is 6.04. The van der Waals surface area contributed by atoms with Gasteiger partial charge in [0.2, 0.25) is 0 Å². The minimum Gasteiger partial charge on any atom is -0.397 e. The van der Waals surface area contributed by atoms with E-state index < -0.39 is 0 Å². The Morgan fingerprint density at radius 2 is 2.03 bits per heavy atom. The van der Waals surface area contributed by atoms with Crippen molar-refractivity contribution in [1.82, 2.24) is 24.6 Å². The number of anilines is 2. The second-order valence-corrected chi connectivity index (χ2v) is 8.78. The summed E-state index contributed by atoms with van der Waals surface area (Å²) >= 11 is 0. The van der Waals surface area contributed by atoms with Crippen LogP contribution in [0, 0.1) is 0 Å². The Bertz CT molecular complexity index is 1400. The van der Waals surface area contributed by atoms with Crippen LogP contribution in [0.4, 0.5) is 11.4 Å². The average molecular weight is 467 g/mol. The van der Waals surface area contributed by atoms with Crippen LogP contribution in [0.5, 0.6) is 0 Å². The number of allylic oxidation sites excluding steroid dienone is 4. The van der Waals surface area contributed by atoms with E-state index in [2.05, 4.69) is 56.1 Å². The molecule has 4 aromatic rings. The number of fused-ring (bicyclic) bond motifs is 1. The maximum absolute atomic E-state index is 6.49. The number of nitrogens with one attached hydrogen (secondary N) is 2. The number of aromatic nitrogens is 5. The van der Waals surface area contributed by atoms with Crippen molar-refractivity contribution < 1.29 is 0 Å². The summed E-state index contributed by atoms with van der Waals surface area (Å²) in [6.45, 7) is 8.58. The molecule has 1 aromatic carbocycles. The Balaban J connectivity index is 1.46. The maximum Gasteiger partial charge on any atom is 0.155 e. The topological polar surface area (TPSA) is 100 Å². The zero-order chi connectivity index (χ0) is 24.2. The molecule has 0 spiro atoms. The van der Waals surface area contributed by atoms with E-state index in [0.717, 1.165) is 52.8 Å². The maximum atomic E-state index is 6.49. The molecule has 1 saturated heterocycles. The molecular weight excluding hydrogens is 436 g/mol. The molecule has 1 aliphatic rings. The normalized spacial score (nSPS) is 14.3. The van der Waals surface area contributed by atoms with E-state index in [1.807, 2.05) is 43.5 Å². The van der Waals surface area contributed by atoms with Crippen LogP contribution in [0.1, 0.15) is 31.3 Å². The molecule has 35 heavy (non-hydrogen) atoms. The number of rotatable bonds is 8. The van der Waals surface area contributed by atoms with Gasteiger partial charge in [0.15, 0.2) is 5.65 Å². The van der Waals surface area contributed by atoms with Crippen LogP contribution in [0.15, 0.2) is 79.3 Å². The first-order chi connectivity index (χ1) is 17.1. The number of imidazole rings is 1. The van der Waals surface area contributed by atoms with Gasteiger partial charge >= 0.3 is 0 Å². The van der Waals surface area contributed by atoms with Gasteiger partial charge in [-0.05, 0) is 50.1 Å². The largest absolute Gasteiger partial charge is 0.397 e. The molecular formula is C27H30N8. The van der Waals surface area contributed by atoms with Gasteiger partial charge < -0.3 is 20.9 Å². The van der Waals surface area contributed by atoms with E-state index in [4.69, 9.17) is 10.7 Å². The van der Waals surface area contributed by atoms with Crippen LogP contribution >= 0.6 is 0 Å². The van der Waals surface area contributed by atoms with Crippen LogP contribution in [-0.4, -0.2) is 37.7 Å². The second-order valence-electron chi connectivity index (χ2n) is 8.78. The summed E-state index contributed by atoms with van der Waals surface area (Å²) in [7, 11) is 0. The van der Waals surface area contributed by atoms with E-state index in [9.17, 15) is 0 Å². The van der Waals surface area contributed by atoms with E-state index in [-0.39, 0.29) is 0 Å². The predicted octanol–water partition coefficient (Wildman–Crippen LogP) is 4.76. The summed E-state index contributed by atoms with van der Waals surface area (Å²) in [6.07, 6.45) is 11.6. The molecule has 0 atom stereocenters. The van der Waals surface area contributed by atoms with E-state index in [1.54, 1.807) is 4.52 Å². The zero-order valence-electron chi connectivity index (χ0n) is 19.9. The summed E-state index contributed by atoms with van der Waals surface area (Å²) in [4.78, 5) is 15.0. The molecule has 0 saturated carbocycles. The molecule has 5 rings (SSSR count). The van der Waals surface area contributed by atoms with Gasteiger partial charge in [0.25, 0.3) is 0 Å². The lowest BCUT2D eigenvalue weighted by atomic mass is 10.1. The third-order valence-electron chi connectivity index (χ3n) is 6.04. The fraction of sp³-hybridized carbons (Fsp3) is 0.222. The number of nitrogens with two attached hydrogens (primary N) is 1. The number of para-hydroxylation sites is 2. The van der Waals surface area contributed by atoms with Gasteiger partial charge in [-0.25, -0.2) is 14.5 Å². The number of nitrogens with zero attached hydrogens (tertiary/aromatic N) is 5. The number of pyridine rings is 1. The molecule has 178 valence electrons. The Hall–Kier alpha value is -4.33. The Morgan fingerprint density at radius 1 is 1.20 bits per heavy atom. The monoisotopic (exact) mass is 466 g/mol. The van der Waals surface area contributed by atoms with Gasteiger partial charge in [0.05, 0.1) is 35.0 Å². The van der Waals surface area contributed by atoms with Crippen LogP contribution in [0.3, 0.4) is 0 Å². The molecule has 0 bridgehead atoms. The van der Waals surface area contributed by atoms with Crippen molar-refractivity contribution in [2.24, 2.45) is 5.73 Å². The van der Waals surface area contributed by atoms with Gasteiger partial charge in [-0.15, -0.1) is 0 Å². The molecule has 0 radical (unpaired) electrons. The van der Waals surface area contributed by atoms with Gasteiger partial charge in [-0.3, -0.25) is 0 Å². The molecule has 8 nitrogen and oxygen atoms in total. The number of H-pyrrole nitrogens is 1. The van der Waals surface area contributed by atoms with Crippen molar-refractivity contribution in [2.75, 3.05) is 23.3 Å². The van der Waals surface area contributed by atoms with Crippen LogP contribution < -0.4 is 16.0 Å². The number of hydrogen-bond donors (Lipinski definition) is 3. The molecule has 0 unspecified atom stereocenters. The molecule has 8 heteroatoms. The summed E-state index contributed by atoms with van der Waals surface area (Å²) in [5, 5.41) is 7.83. The van der Waals surface area contributed by atoms with E-state index in [1.165, 1.54) is 24.9 Å². The van der Waals surface area contributed by atoms with E-state index >= 15 is 0 Å². The Labute approximate surface area is 204 Å². The molecule has 4 N–H and O–H groups in total. The first-order valence-electron chi connectivity index (χ1n) is 11.8. The fourth-order valence-corrected chi connectivity index (χ4v) is 4.32. The van der Waals surface area contributed by atoms with Gasteiger partial charge in [0.1, 0.15) is 12.2 Å². The fourth-order valence-electron chi connectivity index (χ4n) is 4.32. The smallest absolute Gasteiger partial charge is 0.155 e. The highest BCUT2D eigenvalue weighted by molar-refractivity contribution is 5.77. The average Bonchev–Trinajstić information content (AvgIpc) is 3.63. The van der Waals surface area contributed by atoms with Gasteiger partial charge in [0, 0.05) is 24.8 Å². The van der Waals surface area contributed by atoms with Crippen LogP contribution in [0.25, 0.3) is 22.6 Å². The van der Waals surface area contributed by atoms with Crippen molar-refractivity contribution in [3.05, 3.63) is 90.8 Å². The first kappa shape index (κ1) is 22.5. The van der Waals surface area contributed by atoms with Crippen LogP contribution in [0.2, 0.25) is 0 Å². The van der Waals surface area contributed by atoms with Crippen molar-refractivity contribution in [1.29, 1.82) is 0 Å².